The van der Waals surface area contributed by atoms with Gasteiger partial charge in [-0.1, -0.05) is 0 Å². The van der Waals surface area contributed by atoms with E-state index in [1.807, 2.05) is 0 Å². The van der Waals surface area contributed by atoms with Gasteiger partial charge < -0.3 is 14.4 Å². The Bertz CT molecular complexity index is 382. The highest BCUT2D eigenvalue weighted by molar-refractivity contribution is 7.60. The van der Waals surface area contributed by atoms with Crippen LogP contribution in [-0.2, 0) is 14.0 Å². The van der Waals surface area contributed by atoms with Gasteiger partial charge >= 0.3 is 0 Å². The van der Waals surface area contributed by atoms with Crippen LogP contribution < -0.4 is 0 Å². The molecule has 0 aliphatic carbocycles. The summed E-state index contributed by atoms with van der Waals surface area (Å²) in [4.78, 5) is 9.25. The van der Waals surface area contributed by atoms with Gasteiger partial charge in [-0.2, -0.15) is 0 Å². The van der Waals surface area contributed by atoms with Crippen LogP contribution in [0.2, 0.25) is 0 Å². The standard InChI is InChI=1S/C10H18FO4P/c1-7(2)15-10-8(11)6-14-9(10)4-5-16(3,12)13/h4-5,7-10H,6H2,1-3H3,(H,12,13)/b5-4+/t8-,9+,10-/m0/s1/i4D,5D. The van der Waals surface area contributed by atoms with Crippen LogP contribution in [0.5, 0.6) is 0 Å². The maximum atomic E-state index is 13.6. The molecule has 1 aliphatic rings. The van der Waals surface area contributed by atoms with Crippen molar-refractivity contribution in [3.8, 4) is 0 Å². The second-order valence-corrected chi connectivity index (χ2v) is 6.04. The average molecular weight is 254 g/mol. The van der Waals surface area contributed by atoms with E-state index in [0.717, 1.165) is 6.66 Å². The molecule has 0 aromatic heterocycles. The Morgan fingerprint density at radius 2 is 2.38 bits per heavy atom. The van der Waals surface area contributed by atoms with E-state index in [1.165, 1.54) is 0 Å². The first-order valence-corrected chi connectivity index (χ1v) is 7.14. The molecule has 16 heavy (non-hydrogen) atoms. The lowest BCUT2D eigenvalue weighted by molar-refractivity contribution is -0.0385. The van der Waals surface area contributed by atoms with Gasteiger partial charge in [0.25, 0.3) is 0 Å². The van der Waals surface area contributed by atoms with E-state index in [4.69, 9.17) is 12.2 Å². The minimum atomic E-state index is -3.85. The van der Waals surface area contributed by atoms with E-state index in [1.54, 1.807) is 13.8 Å². The highest BCUT2D eigenvalue weighted by atomic mass is 31.2. The third kappa shape index (κ3) is 4.34. The fourth-order valence-corrected chi connectivity index (χ4v) is 1.72. The number of hydrogen-bond acceptors (Lipinski definition) is 3. The quantitative estimate of drug-likeness (QED) is 0.779. The smallest absolute Gasteiger partial charge is 0.219 e. The van der Waals surface area contributed by atoms with Crippen LogP contribution in [0.4, 0.5) is 4.39 Å². The molecule has 0 spiro atoms. The molecule has 1 fully saturated rings. The maximum absolute atomic E-state index is 13.6. The fraction of sp³-hybridized carbons (Fsp3) is 0.800. The molecule has 0 bridgehead atoms. The molecule has 0 radical (unpaired) electrons. The van der Waals surface area contributed by atoms with Crippen molar-refractivity contribution >= 4 is 7.37 Å². The number of hydrogen-bond donors (Lipinski definition) is 1. The summed E-state index contributed by atoms with van der Waals surface area (Å²) < 4.78 is 50.4. The first-order chi connectivity index (χ1) is 8.14. The Kier molecular flexibility index (Phi) is 3.69. The summed E-state index contributed by atoms with van der Waals surface area (Å²) in [5.41, 5.74) is 0. The van der Waals surface area contributed by atoms with Crippen molar-refractivity contribution in [2.75, 3.05) is 13.3 Å². The lowest BCUT2D eigenvalue weighted by atomic mass is 10.1. The predicted molar refractivity (Wildman–Crippen MR) is 59.5 cm³/mol. The minimum absolute atomic E-state index is 0.239. The first-order valence-electron chi connectivity index (χ1n) is 6.04. The third-order valence-corrected chi connectivity index (χ3v) is 2.48. The van der Waals surface area contributed by atoms with Crippen LogP contribution in [0, 0.1) is 0 Å². The fourth-order valence-electron chi connectivity index (χ4n) is 1.35. The molecule has 0 amide bonds. The van der Waals surface area contributed by atoms with E-state index < -0.39 is 37.6 Å². The third-order valence-electron chi connectivity index (χ3n) is 1.93. The van der Waals surface area contributed by atoms with Crippen LogP contribution >= 0.6 is 7.37 Å². The monoisotopic (exact) mass is 254 g/mol. The SMILES string of the molecule is [2H]/C(=C(/[2H])P(C)(=O)O)[C@H]1OC[C@H](F)[C@@H]1OC(C)C. The Morgan fingerprint density at radius 3 is 2.88 bits per heavy atom. The minimum Gasteiger partial charge on any atom is -0.369 e. The maximum Gasteiger partial charge on any atom is 0.219 e. The van der Waals surface area contributed by atoms with E-state index in [9.17, 15) is 13.8 Å². The summed E-state index contributed by atoms with van der Waals surface area (Å²) in [5, 5.41) is 0. The molecule has 0 saturated carbocycles. The van der Waals surface area contributed by atoms with Crippen molar-refractivity contribution in [1.29, 1.82) is 0 Å². The molecule has 94 valence electrons. The summed E-state index contributed by atoms with van der Waals surface area (Å²) in [5.74, 6) is -0.723. The van der Waals surface area contributed by atoms with Crippen LogP contribution in [0.25, 0.3) is 0 Å². The van der Waals surface area contributed by atoms with Gasteiger partial charge in [0, 0.05) is 6.66 Å². The van der Waals surface area contributed by atoms with Gasteiger partial charge in [0.2, 0.25) is 7.37 Å². The lowest BCUT2D eigenvalue weighted by Crippen LogP contribution is -2.32. The molecule has 0 aromatic carbocycles. The van der Waals surface area contributed by atoms with Gasteiger partial charge in [-0.3, -0.25) is 4.57 Å². The number of halogens is 1. The van der Waals surface area contributed by atoms with Crippen molar-refractivity contribution in [1.82, 2.24) is 0 Å². The molecule has 4 nitrogen and oxygen atoms in total. The highest BCUT2D eigenvalue weighted by Crippen LogP contribution is 2.37. The zero-order chi connectivity index (χ0) is 14.1. The van der Waals surface area contributed by atoms with Gasteiger partial charge in [-0.05, 0) is 25.7 Å². The summed E-state index contributed by atoms with van der Waals surface area (Å²) in [7, 11) is -3.85. The summed E-state index contributed by atoms with van der Waals surface area (Å²) >= 11 is 0. The number of ether oxygens (including phenoxy) is 2. The first kappa shape index (κ1) is 10.9. The molecule has 4 atom stereocenters. The predicted octanol–water partition coefficient (Wildman–Crippen LogP) is 1.93. The van der Waals surface area contributed by atoms with Crippen molar-refractivity contribution in [2.45, 2.75) is 38.3 Å². The largest absolute Gasteiger partial charge is 0.369 e. The molecule has 1 saturated heterocycles. The second-order valence-electron chi connectivity index (χ2n) is 4.05. The van der Waals surface area contributed by atoms with E-state index in [-0.39, 0.29) is 12.7 Å². The Hall–Kier alpha value is -0.220. The van der Waals surface area contributed by atoms with Crippen LogP contribution in [0.1, 0.15) is 16.6 Å². The molecule has 1 heterocycles. The number of rotatable bonds is 4. The Labute approximate surface area is 97.7 Å². The van der Waals surface area contributed by atoms with Gasteiger partial charge in [-0.15, -0.1) is 0 Å². The highest BCUT2D eigenvalue weighted by Gasteiger charge is 2.37. The summed E-state index contributed by atoms with van der Waals surface area (Å²) in [6.45, 7) is 4.16. The molecule has 1 N–H and O–H groups in total. The van der Waals surface area contributed by atoms with Gasteiger partial charge in [0.1, 0.15) is 12.2 Å². The van der Waals surface area contributed by atoms with E-state index in [2.05, 4.69) is 0 Å². The van der Waals surface area contributed by atoms with Crippen LogP contribution in [0.3, 0.4) is 0 Å². The Morgan fingerprint density at radius 1 is 1.75 bits per heavy atom. The summed E-state index contributed by atoms with van der Waals surface area (Å²) in [6.07, 6.45) is -3.78. The van der Waals surface area contributed by atoms with Crippen molar-refractivity contribution < 1.29 is 26.1 Å². The van der Waals surface area contributed by atoms with Gasteiger partial charge in [-0.25, -0.2) is 4.39 Å². The van der Waals surface area contributed by atoms with Gasteiger partial charge in [0.05, 0.1) is 15.5 Å². The molecule has 6 heteroatoms. The molecular weight excluding hydrogens is 234 g/mol. The van der Waals surface area contributed by atoms with Crippen molar-refractivity contribution in [2.24, 2.45) is 0 Å². The topological polar surface area (TPSA) is 55.8 Å². The molecular formula is C10H18FO4P. The van der Waals surface area contributed by atoms with Gasteiger partial charge in [0.15, 0.2) is 6.17 Å². The molecule has 1 aliphatic heterocycles. The molecule has 1 rings (SSSR count). The Balaban J connectivity index is 2.97. The normalized spacial score (nSPS) is 37.8. The lowest BCUT2D eigenvalue weighted by Gasteiger charge is -2.20. The van der Waals surface area contributed by atoms with Crippen molar-refractivity contribution in [3.63, 3.8) is 0 Å². The van der Waals surface area contributed by atoms with Crippen molar-refractivity contribution in [3.05, 3.63) is 11.8 Å². The van der Waals surface area contributed by atoms with E-state index >= 15 is 0 Å². The molecule has 0 aromatic rings. The van der Waals surface area contributed by atoms with Crippen LogP contribution in [-0.4, -0.2) is 42.6 Å². The van der Waals surface area contributed by atoms with E-state index in [0.29, 0.717) is 0 Å². The van der Waals surface area contributed by atoms with Crippen LogP contribution in [0.15, 0.2) is 11.8 Å². The average Bonchev–Trinajstić information content (AvgIpc) is 2.56. The molecule has 1 unspecified atom stereocenters. The zero-order valence-corrected chi connectivity index (χ0v) is 10.4. The second kappa shape index (κ2) is 5.41. The summed E-state index contributed by atoms with van der Waals surface area (Å²) in [6, 6.07) is -0.492. The number of alkyl halides is 1. The zero-order valence-electron chi connectivity index (χ0n) is 11.5.